The van der Waals surface area contributed by atoms with E-state index < -0.39 is 5.25 Å². The molecule has 0 fully saturated rings. The smallest absolute Gasteiger partial charge is 0.238 e. The minimum atomic E-state index is -0.413. The molecule has 2 heterocycles. The molecule has 1 aromatic carbocycles. The highest BCUT2D eigenvalue weighted by Gasteiger charge is 2.29. The molecule has 4 rings (SSSR count). The number of rotatable bonds is 5. The van der Waals surface area contributed by atoms with E-state index in [4.69, 9.17) is 0 Å². The van der Waals surface area contributed by atoms with Crippen LogP contribution in [0.3, 0.4) is 0 Å². The topological polar surface area (TPSA) is 71.1 Å². The van der Waals surface area contributed by atoms with Crippen molar-refractivity contribution >= 4 is 45.7 Å². The van der Waals surface area contributed by atoms with Gasteiger partial charge in [0, 0.05) is 16.2 Å². The van der Waals surface area contributed by atoms with Gasteiger partial charge in [-0.1, -0.05) is 31.9 Å². The number of aryl methyl sites for hydroxylation is 1. The molecule has 27 heavy (non-hydrogen) atoms. The Bertz CT molecular complexity index is 865. The number of thiazole rings is 1. The predicted molar refractivity (Wildman–Crippen MR) is 111 cm³/mol. The van der Waals surface area contributed by atoms with Crippen LogP contribution < -0.4 is 10.6 Å². The molecular weight excluding hydrogens is 378 g/mol. The maximum atomic E-state index is 12.5. The van der Waals surface area contributed by atoms with Crippen LogP contribution in [-0.4, -0.2) is 22.0 Å². The van der Waals surface area contributed by atoms with E-state index in [-0.39, 0.29) is 18.2 Å². The Morgan fingerprint density at radius 3 is 3.07 bits per heavy atom. The lowest BCUT2D eigenvalue weighted by Crippen LogP contribution is -2.32. The lowest BCUT2D eigenvalue weighted by atomic mass is 9.88. The highest BCUT2D eigenvalue weighted by molar-refractivity contribution is 8.01. The zero-order valence-corrected chi connectivity index (χ0v) is 16.9. The normalized spacial score (nSPS) is 21.1. The number of carbonyl (C=O) groups excluding carboxylic acids is 2. The molecule has 0 bridgehead atoms. The summed E-state index contributed by atoms with van der Waals surface area (Å²) in [6.07, 6.45) is 5.89. The van der Waals surface area contributed by atoms with Crippen LogP contribution in [0.1, 0.15) is 43.2 Å². The fraction of sp³-hybridized carbons (Fsp3) is 0.450. The molecule has 2 amide bonds. The Morgan fingerprint density at radius 1 is 1.37 bits per heavy atom. The van der Waals surface area contributed by atoms with Gasteiger partial charge in [0.05, 0.1) is 16.6 Å². The van der Waals surface area contributed by atoms with E-state index in [1.807, 2.05) is 24.3 Å². The lowest BCUT2D eigenvalue weighted by molar-refractivity contribution is -0.120. The van der Waals surface area contributed by atoms with Crippen LogP contribution >= 0.6 is 23.1 Å². The molecule has 0 radical (unpaired) electrons. The van der Waals surface area contributed by atoms with Gasteiger partial charge in [0.2, 0.25) is 11.8 Å². The number of nitrogens with one attached hydrogen (secondary N) is 2. The molecule has 2 unspecified atom stereocenters. The molecule has 142 valence electrons. The summed E-state index contributed by atoms with van der Waals surface area (Å²) in [4.78, 5) is 31.7. The Balaban J connectivity index is 1.37. The summed E-state index contributed by atoms with van der Waals surface area (Å²) >= 11 is 3.04. The van der Waals surface area contributed by atoms with Gasteiger partial charge in [-0.3, -0.25) is 9.59 Å². The van der Waals surface area contributed by atoms with E-state index in [2.05, 4.69) is 22.5 Å². The Kier molecular flexibility index (Phi) is 5.50. The van der Waals surface area contributed by atoms with Gasteiger partial charge in [0.15, 0.2) is 5.13 Å². The number of para-hydroxylation sites is 1. The summed E-state index contributed by atoms with van der Waals surface area (Å²) in [7, 11) is 0. The van der Waals surface area contributed by atoms with Crippen molar-refractivity contribution in [2.24, 2.45) is 5.92 Å². The van der Waals surface area contributed by atoms with Gasteiger partial charge in [-0.2, -0.15) is 0 Å². The molecule has 0 saturated heterocycles. The van der Waals surface area contributed by atoms with E-state index in [0.717, 1.165) is 35.0 Å². The van der Waals surface area contributed by atoms with Crippen LogP contribution in [0.2, 0.25) is 0 Å². The molecule has 5 nitrogen and oxygen atoms in total. The monoisotopic (exact) mass is 401 g/mol. The van der Waals surface area contributed by atoms with Gasteiger partial charge in [-0.05, 0) is 37.3 Å². The second-order valence-electron chi connectivity index (χ2n) is 7.13. The number of aromatic nitrogens is 1. The fourth-order valence-electron chi connectivity index (χ4n) is 3.72. The van der Waals surface area contributed by atoms with Crippen molar-refractivity contribution in [3.8, 4) is 0 Å². The molecule has 1 aliphatic heterocycles. The number of benzene rings is 1. The van der Waals surface area contributed by atoms with Crippen molar-refractivity contribution in [2.45, 2.75) is 55.6 Å². The van der Waals surface area contributed by atoms with E-state index in [1.165, 1.54) is 35.9 Å². The van der Waals surface area contributed by atoms with Gasteiger partial charge < -0.3 is 10.6 Å². The number of thioether (sulfide) groups is 1. The average molecular weight is 402 g/mol. The van der Waals surface area contributed by atoms with Crippen molar-refractivity contribution in [3.05, 3.63) is 34.8 Å². The lowest BCUT2D eigenvalue weighted by Gasteiger charge is -2.23. The summed E-state index contributed by atoms with van der Waals surface area (Å²) in [5, 5.41) is 6.05. The Hall–Kier alpha value is -1.86. The first-order valence-corrected chi connectivity index (χ1v) is 11.2. The SMILES string of the molecule is CCCC1CCc2nc(NC(=O)CC3Sc4ccccc4NC3=O)sc2C1. The molecule has 0 saturated carbocycles. The first-order chi connectivity index (χ1) is 13.1. The molecule has 1 aromatic heterocycles. The van der Waals surface area contributed by atoms with Crippen molar-refractivity contribution in [3.63, 3.8) is 0 Å². The van der Waals surface area contributed by atoms with E-state index >= 15 is 0 Å². The number of hydrogen-bond acceptors (Lipinski definition) is 5. The number of carbonyl (C=O) groups is 2. The maximum absolute atomic E-state index is 12.5. The molecule has 7 heteroatoms. The Morgan fingerprint density at radius 2 is 2.22 bits per heavy atom. The van der Waals surface area contributed by atoms with Crippen LogP contribution in [0.5, 0.6) is 0 Å². The molecule has 2 atom stereocenters. The first kappa shape index (κ1) is 18.5. The minimum absolute atomic E-state index is 0.116. The van der Waals surface area contributed by atoms with Crippen LogP contribution in [0, 0.1) is 5.92 Å². The van der Waals surface area contributed by atoms with Crippen molar-refractivity contribution < 1.29 is 9.59 Å². The highest BCUT2D eigenvalue weighted by atomic mass is 32.2. The van der Waals surface area contributed by atoms with Crippen molar-refractivity contribution in [1.82, 2.24) is 4.98 Å². The van der Waals surface area contributed by atoms with Crippen molar-refractivity contribution in [2.75, 3.05) is 10.6 Å². The van der Waals surface area contributed by atoms with Crippen LogP contribution in [0.25, 0.3) is 0 Å². The zero-order chi connectivity index (χ0) is 18.8. The first-order valence-electron chi connectivity index (χ1n) is 9.47. The van der Waals surface area contributed by atoms with Crippen LogP contribution in [0.15, 0.2) is 29.2 Å². The summed E-state index contributed by atoms with van der Waals surface area (Å²) in [5.41, 5.74) is 1.96. The van der Waals surface area contributed by atoms with Gasteiger partial charge in [0.25, 0.3) is 0 Å². The number of amides is 2. The van der Waals surface area contributed by atoms with E-state index in [1.54, 1.807) is 11.3 Å². The summed E-state index contributed by atoms with van der Waals surface area (Å²) in [6.45, 7) is 2.23. The molecular formula is C20H23N3O2S2. The van der Waals surface area contributed by atoms with Gasteiger partial charge in [-0.15, -0.1) is 23.1 Å². The average Bonchev–Trinajstić information content (AvgIpc) is 3.04. The van der Waals surface area contributed by atoms with Gasteiger partial charge in [0.1, 0.15) is 0 Å². The highest BCUT2D eigenvalue weighted by Crippen LogP contribution is 2.37. The molecule has 2 aromatic rings. The largest absolute Gasteiger partial charge is 0.324 e. The van der Waals surface area contributed by atoms with Gasteiger partial charge in [-0.25, -0.2) is 4.98 Å². The summed E-state index contributed by atoms with van der Waals surface area (Å²) in [6, 6.07) is 7.67. The fourth-order valence-corrected chi connectivity index (χ4v) is 5.97. The third kappa shape index (κ3) is 4.19. The van der Waals surface area contributed by atoms with Crippen LogP contribution in [-0.2, 0) is 22.4 Å². The number of hydrogen-bond donors (Lipinski definition) is 2. The molecule has 0 spiro atoms. The number of nitrogens with zero attached hydrogens (tertiary/aromatic N) is 1. The number of fused-ring (bicyclic) bond motifs is 2. The van der Waals surface area contributed by atoms with Gasteiger partial charge >= 0.3 is 0 Å². The zero-order valence-electron chi connectivity index (χ0n) is 15.3. The van der Waals surface area contributed by atoms with Crippen LogP contribution in [0.4, 0.5) is 10.8 Å². The quantitative estimate of drug-likeness (QED) is 0.774. The molecule has 2 N–H and O–H groups in total. The van der Waals surface area contributed by atoms with E-state index in [0.29, 0.717) is 5.13 Å². The Labute approximate surface area is 167 Å². The predicted octanol–water partition coefficient (Wildman–Crippen LogP) is 4.49. The standard InChI is InChI=1S/C20H23N3O2S2/c1-2-5-12-8-9-14-16(10-12)27-20(22-14)23-18(24)11-17-19(25)21-13-6-3-4-7-15(13)26-17/h3-4,6-7,12,17H,2,5,8-11H2,1H3,(H,21,25)(H,22,23,24). The van der Waals surface area contributed by atoms with E-state index in [9.17, 15) is 9.59 Å². The maximum Gasteiger partial charge on any atom is 0.238 e. The molecule has 1 aliphatic carbocycles. The third-order valence-electron chi connectivity index (χ3n) is 5.06. The van der Waals surface area contributed by atoms with Crippen molar-refractivity contribution in [1.29, 1.82) is 0 Å². The third-order valence-corrected chi connectivity index (χ3v) is 7.37. The number of anilines is 2. The minimum Gasteiger partial charge on any atom is -0.324 e. The summed E-state index contributed by atoms with van der Waals surface area (Å²) < 4.78 is 0. The second-order valence-corrected chi connectivity index (χ2v) is 9.46. The summed E-state index contributed by atoms with van der Waals surface area (Å²) in [5.74, 6) is 0.474. The second kappa shape index (κ2) is 8.02. The molecule has 2 aliphatic rings.